The number of anilines is 3. The van der Waals surface area contributed by atoms with Crippen molar-refractivity contribution in [2.45, 2.75) is 19.3 Å². The maximum Gasteiger partial charge on any atom is 0.143 e. The Balaban J connectivity index is 1.09. The first kappa shape index (κ1) is 34.9. The summed E-state index contributed by atoms with van der Waals surface area (Å²) >= 11 is 0. The molecule has 0 atom stereocenters. The van der Waals surface area contributed by atoms with Crippen molar-refractivity contribution in [3.05, 3.63) is 211 Å². The molecule has 0 aliphatic heterocycles. The highest BCUT2D eigenvalue weighted by Gasteiger charge is 2.36. The molecule has 2 heterocycles. The summed E-state index contributed by atoms with van der Waals surface area (Å²) in [7, 11) is 0. The average molecular weight is 794 g/mol. The zero-order valence-corrected chi connectivity index (χ0v) is 34.3. The van der Waals surface area contributed by atoms with Crippen molar-refractivity contribution < 1.29 is 8.83 Å². The molecule has 13 rings (SSSR count). The Bertz CT molecular complexity index is 3780. The van der Waals surface area contributed by atoms with Gasteiger partial charge in [0.1, 0.15) is 22.3 Å². The van der Waals surface area contributed by atoms with Crippen LogP contribution in [0.5, 0.6) is 0 Å². The molecule has 0 fully saturated rings. The molecule has 1 aliphatic rings. The lowest BCUT2D eigenvalue weighted by Crippen LogP contribution is -2.17. The molecule has 2 aromatic heterocycles. The molecule has 0 N–H and O–H groups in total. The van der Waals surface area contributed by atoms with Crippen molar-refractivity contribution in [2.24, 2.45) is 0 Å². The van der Waals surface area contributed by atoms with Crippen LogP contribution in [0.25, 0.3) is 98.8 Å². The number of hydrogen-bond acceptors (Lipinski definition) is 3. The summed E-state index contributed by atoms with van der Waals surface area (Å²) in [6.45, 7) is 4.71. The predicted octanol–water partition coefficient (Wildman–Crippen LogP) is 16.9. The van der Waals surface area contributed by atoms with E-state index >= 15 is 0 Å². The van der Waals surface area contributed by atoms with Gasteiger partial charge in [-0.2, -0.15) is 0 Å². The van der Waals surface area contributed by atoms with Crippen LogP contribution in [0.4, 0.5) is 17.1 Å². The van der Waals surface area contributed by atoms with Crippen LogP contribution in [0.1, 0.15) is 25.0 Å². The number of para-hydroxylation sites is 2. The van der Waals surface area contributed by atoms with Gasteiger partial charge in [-0.05, 0) is 92.0 Å². The van der Waals surface area contributed by atoms with Gasteiger partial charge in [0.05, 0.1) is 5.69 Å². The van der Waals surface area contributed by atoms with Gasteiger partial charge in [0, 0.05) is 54.8 Å². The van der Waals surface area contributed by atoms with Crippen LogP contribution in [0.2, 0.25) is 0 Å². The Hall–Kier alpha value is -7.88. The first-order chi connectivity index (χ1) is 30.5. The van der Waals surface area contributed by atoms with Gasteiger partial charge in [0.25, 0.3) is 0 Å². The molecule has 3 nitrogen and oxygen atoms in total. The van der Waals surface area contributed by atoms with E-state index in [0.29, 0.717) is 0 Å². The Morgan fingerprint density at radius 3 is 1.76 bits per heavy atom. The molecular weight excluding hydrogens is 755 g/mol. The lowest BCUT2D eigenvalue weighted by molar-refractivity contribution is 0.660. The highest BCUT2D eigenvalue weighted by atomic mass is 16.3. The van der Waals surface area contributed by atoms with Gasteiger partial charge in [-0.3, -0.25) is 0 Å². The van der Waals surface area contributed by atoms with Gasteiger partial charge in [-0.15, -0.1) is 0 Å². The minimum atomic E-state index is -0.171. The quantitative estimate of drug-likeness (QED) is 0.163. The van der Waals surface area contributed by atoms with Crippen molar-refractivity contribution in [1.82, 2.24) is 0 Å². The number of rotatable bonds is 5. The number of fused-ring (bicyclic) bond motifs is 14. The molecule has 0 spiro atoms. The van der Waals surface area contributed by atoms with E-state index in [-0.39, 0.29) is 5.41 Å². The van der Waals surface area contributed by atoms with Crippen LogP contribution in [-0.2, 0) is 5.41 Å². The second kappa shape index (κ2) is 13.1. The van der Waals surface area contributed by atoms with E-state index in [9.17, 15) is 0 Å². The summed E-state index contributed by atoms with van der Waals surface area (Å²) in [5, 5.41) is 9.20. The van der Waals surface area contributed by atoms with Crippen LogP contribution < -0.4 is 4.90 Å². The number of furan rings is 2. The van der Waals surface area contributed by atoms with E-state index < -0.39 is 0 Å². The molecule has 292 valence electrons. The fraction of sp³-hybridized carbons (Fsp3) is 0.0508. The van der Waals surface area contributed by atoms with Gasteiger partial charge in [-0.25, -0.2) is 0 Å². The smallest absolute Gasteiger partial charge is 0.143 e. The van der Waals surface area contributed by atoms with E-state index in [1.807, 2.05) is 12.1 Å². The zero-order valence-electron chi connectivity index (χ0n) is 34.3. The second-order valence-corrected chi connectivity index (χ2v) is 17.2. The SMILES string of the molecule is CC1(C)c2ccccc2-c2ccc(N(c3ccc(-c4cccc5c4oc4ccccc45)cc3)c3cc4c(cc3-c3ccccc3)oc3c5ccccc5c5ccccc5c43)cc21. The summed E-state index contributed by atoms with van der Waals surface area (Å²) in [6.07, 6.45) is 0. The molecule has 62 heavy (non-hydrogen) atoms. The Kier molecular flexibility index (Phi) is 7.36. The largest absolute Gasteiger partial charge is 0.455 e. The Labute approximate surface area is 358 Å². The van der Waals surface area contributed by atoms with E-state index in [1.54, 1.807) is 0 Å². The zero-order chi connectivity index (χ0) is 41.1. The molecule has 0 radical (unpaired) electrons. The fourth-order valence-electron chi connectivity index (χ4n) is 10.5. The third kappa shape index (κ3) is 5.00. The Morgan fingerprint density at radius 2 is 0.935 bits per heavy atom. The lowest BCUT2D eigenvalue weighted by Gasteiger charge is -2.30. The Morgan fingerprint density at radius 1 is 0.355 bits per heavy atom. The molecule has 0 saturated heterocycles. The fourth-order valence-corrected chi connectivity index (χ4v) is 10.5. The predicted molar refractivity (Wildman–Crippen MR) is 259 cm³/mol. The maximum absolute atomic E-state index is 7.00. The molecule has 3 heteroatoms. The van der Waals surface area contributed by atoms with Gasteiger partial charge in [0.15, 0.2) is 0 Å². The molecule has 12 aromatic rings. The number of benzene rings is 10. The highest BCUT2D eigenvalue weighted by Crippen LogP contribution is 2.53. The van der Waals surface area contributed by atoms with E-state index in [2.05, 4.69) is 207 Å². The average Bonchev–Trinajstić information content (AvgIpc) is 3.97. The third-order valence-electron chi connectivity index (χ3n) is 13.5. The van der Waals surface area contributed by atoms with E-state index in [4.69, 9.17) is 8.83 Å². The van der Waals surface area contributed by atoms with Crippen LogP contribution in [0, 0.1) is 0 Å². The summed E-state index contributed by atoms with van der Waals surface area (Å²) in [6, 6.07) is 72.4. The molecule has 0 bridgehead atoms. The molecule has 0 amide bonds. The lowest BCUT2D eigenvalue weighted by atomic mass is 9.82. The topological polar surface area (TPSA) is 29.5 Å². The van der Waals surface area contributed by atoms with Crippen molar-refractivity contribution in [3.8, 4) is 33.4 Å². The first-order valence-electron chi connectivity index (χ1n) is 21.4. The monoisotopic (exact) mass is 793 g/mol. The minimum absolute atomic E-state index is 0.171. The summed E-state index contributed by atoms with van der Waals surface area (Å²) in [5.41, 5.74) is 16.3. The summed E-state index contributed by atoms with van der Waals surface area (Å²) < 4.78 is 13.5. The van der Waals surface area contributed by atoms with Crippen LogP contribution in [0.3, 0.4) is 0 Å². The van der Waals surface area contributed by atoms with Gasteiger partial charge < -0.3 is 13.7 Å². The van der Waals surface area contributed by atoms with Crippen molar-refractivity contribution in [2.75, 3.05) is 4.90 Å². The van der Waals surface area contributed by atoms with Crippen LogP contribution in [-0.4, -0.2) is 0 Å². The second-order valence-electron chi connectivity index (χ2n) is 17.2. The molecular formula is C59H39NO2. The number of hydrogen-bond donors (Lipinski definition) is 0. The minimum Gasteiger partial charge on any atom is -0.455 e. The molecule has 0 saturated carbocycles. The maximum atomic E-state index is 7.00. The molecule has 1 aliphatic carbocycles. The highest BCUT2D eigenvalue weighted by molar-refractivity contribution is 6.30. The van der Waals surface area contributed by atoms with Gasteiger partial charge in [0.2, 0.25) is 0 Å². The van der Waals surface area contributed by atoms with Crippen LogP contribution in [0.15, 0.2) is 209 Å². The number of nitrogens with zero attached hydrogens (tertiary/aromatic N) is 1. The van der Waals surface area contributed by atoms with Crippen LogP contribution >= 0.6 is 0 Å². The summed E-state index contributed by atoms with van der Waals surface area (Å²) in [4.78, 5) is 2.45. The van der Waals surface area contributed by atoms with E-state index in [1.165, 1.54) is 38.4 Å². The standard InChI is InChI=1S/C59H39NO2/c1-59(2)51-25-12-10-19-43(51)44-32-31-39(33-52(44)59)60(38-29-27-37(28-30-38)40-23-14-24-48-45-20-11-13-26-54(45)61-57(40)48)53-34-50-55(35-49(53)36-15-4-3-5-16-36)62-58-47-22-9-7-18-42(47)41-17-6-8-21-46(41)56(50)58/h3-35H,1-2H3. The van der Waals surface area contributed by atoms with Crippen molar-refractivity contribution in [1.29, 1.82) is 0 Å². The molecule has 10 aromatic carbocycles. The normalized spacial score (nSPS) is 13.1. The van der Waals surface area contributed by atoms with Gasteiger partial charge in [-0.1, -0.05) is 172 Å². The van der Waals surface area contributed by atoms with E-state index in [0.717, 1.165) is 88.6 Å². The first-order valence-corrected chi connectivity index (χ1v) is 21.4. The van der Waals surface area contributed by atoms with Crippen molar-refractivity contribution in [3.63, 3.8) is 0 Å². The van der Waals surface area contributed by atoms with Crippen molar-refractivity contribution >= 4 is 82.5 Å². The summed E-state index contributed by atoms with van der Waals surface area (Å²) in [5.74, 6) is 0. The molecule has 0 unspecified atom stereocenters. The van der Waals surface area contributed by atoms with Gasteiger partial charge >= 0.3 is 0 Å². The third-order valence-corrected chi connectivity index (χ3v) is 13.5.